The molecule has 2 rings (SSSR count). The van der Waals surface area contributed by atoms with E-state index in [2.05, 4.69) is 20.7 Å². The predicted octanol–water partition coefficient (Wildman–Crippen LogP) is 4.14. The van der Waals surface area contributed by atoms with Crippen LogP contribution < -0.4 is 10.5 Å². The fourth-order valence-corrected chi connectivity index (χ4v) is 3.51. The average Bonchev–Trinajstić information content (AvgIpc) is 2.34. The van der Waals surface area contributed by atoms with Gasteiger partial charge in [-0.15, -0.1) is 0 Å². The number of hydrogen-bond acceptors (Lipinski definition) is 3. The minimum Gasteiger partial charge on any atom is -0.398 e. The summed E-state index contributed by atoms with van der Waals surface area (Å²) in [5.74, 6) is 0. The van der Waals surface area contributed by atoms with Crippen LogP contribution in [0.15, 0.2) is 45.8 Å². The third kappa shape index (κ3) is 3.20. The zero-order valence-corrected chi connectivity index (χ0v) is 13.8. The molecule has 106 valence electrons. The summed E-state index contributed by atoms with van der Waals surface area (Å²) in [5, 5.41) is 0.393. The molecular weight excluding hydrogens is 387 g/mol. The molecule has 0 heterocycles. The number of rotatable bonds is 3. The number of anilines is 2. The van der Waals surface area contributed by atoms with Crippen molar-refractivity contribution in [1.29, 1.82) is 0 Å². The molecule has 0 unspecified atom stereocenters. The van der Waals surface area contributed by atoms with Gasteiger partial charge in [0.15, 0.2) is 0 Å². The minimum atomic E-state index is -3.84. The lowest BCUT2D eigenvalue weighted by Crippen LogP contribution is -2.15. The molecule has 3 N–H and O–H groups in total. The van der Waals surface area contributed by atoms with Crippen molar-refractivity contribution >= 4 is 60.5 Å². The van der Waals surface area contributed by atoms with Gasteiger partial charge in [0, 0.05) is 4.47 Å². The van der Waals surface area contributed by atoms with Crippen LogP contribution in [0.2, 0.25) is 10.0 Å². The van der Waals surface area contributed by atoms with Crippen LogP contribution in [-0.4, -0.2) is 8.42 Å². The SMILES string of the molecule is Nc1cc(Br)ccc1S(=O)(=O)Nc1cccc(Cl)c1Cl. The van der Waals surface area contributed by atoms with Crippen molar-refractivity contribution in [2.45, 2.75) is 4.90 Å². The minimum absolute atomic E-state index is 0.0308. The van der Waals surface area contributed by atoms with Gasteiger partial charge in [0.05, 0.1) is 21.4 Å². The molecule has 0 saturated heterocycles. The fraction of sp³-hybridized carbons (Fsp3) is 0. The van der Waals surface area contributed by atoms with E-state index in [1.54, 1.807) is 18.2 Å². The van der Waals surface area contributed by atoms with Gasteiger partial charge in [-0.1, -0.05) is 45.2 Å². The van der Waals surface area contributed by atoms with E-state index in [9.17, 15) is 8.42 Å². The highest BCUT2D eigenvalue weighted by atomic mass is 79.9. The molecule has 20 heavy (non-hydrogen) atoms. The summed E-state index contributed by atoms with van der Waals surface area (Å²) in [6.07, 6.45) is 0. The van der Waals surface area contributed by atoms with Crippen LogP contribution >= 0.6 is 39.1 Å². The van der Waals surface area contributed by atoms with E-state index in [-0.39, 0.29) is 26.3 Å². The molecule has 0 saturated carbocycles. The van der Waals surface area contributed by atoms with Gasteiger partial charge in [0.1, 0.15) is 4.90 Å². The van der Waals surface area contributed by atoms with Gasteiger partial charge < -0.3 is 5.73 Å². The summed E-state index contributed by atoms with van der Waals surface area (Å²) in [6, 6.07) is 9.17. The Morgan fingerprint density at radius 3 is 2.50 bits per heavy atom. The van der Waals surface area contributed by atoms with E-state index in [0.29, 0.717) is 4.47 Å². The third-order valence-electron chi connectivity index (χ3n) is 2.46. The van der Waals surface area contributed by atoms with Crippen LogP contribution in [0.5, 0.6) is 0 Å². The number of nitrogens with two attached hydrogens (primary N) is 1. The molecule has 0 radical (unpaired) electrons. The Morgan fingerprint density at radius 1 is 1.15 bits per heavy atom. The normalized spacial score (nSPS) is 11.3. The van der Waals surface area contributed by atoms with Crippen LogP contribution in [0.3, 0.4) is 0 Å². The van der Waals surface area contributed by atoms with Gasteiger partial charge in [-0.3, -0.25) is 4.72 Å². The van der Waals surface area contributed by atoms with Crippen molar-refractivity contribution in [3.8, 4) is 0 Å². The second-order valence-electron chi connectivity index (χ2n) is 3.89. The molecule has 2 aromatic carbocycles. The molecule has 0 aromatic heterocycles. The lowest BCUT2D eigenvalue weighted by Gasteiger charge is -2.12. The van der Waals surface area contributed by atoms with Crippen molar-refractivity contribution in [3.05, 3.63) is 50.9 Å². The Bertz CT molecular complexity index is 766. The standard InChI is InChI=1S/C12H9BrCl2N2O2S/c13-7-4-5-11(9(16)6-7)20(18,19)17-10-3-1-2-8(14)12(10)15/h1-6,17H,16H2. The maximum Gasteiger partial charge on any atom is 0.263 e. The Balaban J connectivity index is 2.44. The molecule has 0 aliphatic rings. The zero-order valence-electron chi connectivity index (χ0n) is 9.90. The Hall–Kier alpha value is -0.950. The summed E-state index contributed by atoms with van der Waals surface area (Å²) in [5.41, 5.74) is 6.05. The van der Waals surface area contributed by atoms with Crippen LogP contribution in [0.1, 0.15) is 0 Å². The molecule has 0 aliphatic heterocycles. The van der Waals surface area contributed by atoms with Crippen LogP contribution in [0, 0.1) is 0 Å². The molecule has 0 bridgehead atoms. The van der Waals surface area contributed by atoms with Gasteiger partial charge in [0.2, 0.25) is 0 Å². The lowest BCUT2D eigenvalue weighted by atomic mass is 10.3. The number of sulfonamides is 1. The molecule has 4 nitrogen and oxygen atoms in total. The lowest BCUT2D eigenvalue weighted by molar-refractivity contribution is 0.601. The zero-order chi connectivity index (χ0) is 14.9. The van der Waals surface area contributed by atoms with E-state index in [0.717, 1.165) is 0 Å². The van der Waals surface area contributed by atoms with Crippen LogP contribution in [-0.2, 0) is 10.0 Å². The average molecular weight is 396 g/mol. The monoisotopic (exact) mass is 394 g/mol. The first kappa shape index (κ1) is 15.4. The summed E-state index contributed by atoms with van der Waals surface area (Å²) in [4.78, 5) is -0.0308. The second-order valence-corrected chi connectivity index (χ2v) is 7.24. The first-order valence-corrected chi connectivity index (χ1v) is 8.36. The summed E-state index contributed by atoms with van der Waals surface area (Å²) in [6.45, 7) is 0. The van der Waals surface area contributed by atoms with Crippen LogP contribution in [0.4, 0.5) is 11.4 Å². The van der Waals surface area contributed by atoms with E-state index < -0.39 is 10.0 Å². The molecule has 2 aromatic rings. The first-order chi connectivity index (χ1) is 9.31. The van der Waals surface area contributed by atoms with Crippen molar-refractivity contribution in [2.24, 2.45) is 0 Å². The number of nitrogens with one attached hydrogen (secondary N) is 1. The molecule has 0 spiro atoms. The van der Waals surface area contributed by atoms with E-state index >= 15 is 0 Å². The quantitative estimate of drug-likeness (QED) is 0.767. The highest BCUT2D eigenvalue weighted by Gasteiger charge is 2.19. The smallest absolute Gasteiger partial charge is 0.263 e. The van der Waals surface area contributed by atoms with E-state index in [1.165, 1.54) is 18.2 Å². The van der Waals surface area contributed by atoms with Crippen molar-refractivity contribution in [2.75, 3.05) is 10.5 Å². The van der Waals surface area contributed by atoms with Crippen molar-refractivity contribution in [3.63, 3.8) is 0 Å². The number of nitrogen functional groups attached to an aromatic ring is 1. The summed E-state index contributed by atoms with van der Waals surface area (Å²) >= 11 is 15.0. The summed E-state index contributed by atoms with van der Waals surface area (Å²) < 4.78 is 27.6. The Morgan fingerprint density at radius 2 is 1.85 bits per heavy atom. The van der Waals surface area contributed by atoms with Gasteiger partial charge in [-0.05, 0) is 30.3 Å². The Kier molecular flexibility index (Phi) is 4.49. The number of benzene rings is 2. The van der Waals surface area contributed by atoms with Gasteiger partial charge in [-0.25, -0.2) is 8.42 Å². The summed E-state index contributed by atoms with van der Waals surface area (Å²) in [7, 11) is -3.84. The first-order valence-electron chi connectivity index (χ1n) is 5.33. The largest absolute Gasteiger partial charge is 0.398 e. The number of hydrogen-bond donors (Lipinski definition) is 2. The van der Waals surface area contributed by atoms with Gasteiger partial charge >= 0.3 is 0 Å². The maximum atomic E-state index is 12.3. The Labute approximate surface area is 135 Å². The molecular formula is C12H9BrCl2N2O2S. The predicted molar refractivity (Wildman–Crippen MR) is 85.8 cm³/mol. The molecule has 0 atom stereocenters. The fourth-order valence-electron chi connectivity index (χ4n) is 1.55. The third-order valence-corrected chi connectivity index (χ3v) is 5.21. The topological polar surface area (TPSA) is 72.2 Å². The second kappa shape index (κ2) is 5.81. The maximum absolute atomic E-state index is 12.3. The molecule has 0 aliphatic carbocycles. The van der Waals surface area contributed by atoms with Gasteiger partial charge in [-0.2, -0.15) is 0 Å². The van der Waals surface area contributed by atoms with E-state index in [1.807, 2.05) is 0 Å². The van der Waals surface area contributed by atoms with E-state index in [4.69, 9.17) is 28.9 Å². The van der Waals surface area contributed by atoms with Crippen LogP contribution in [0.25, 0.3) is 0 Å². The number of halogens is 3. The highest BCUT2D eigenvalue weighted by Crippen LogP contribution is 2.32. The molecule has 0 amide bonds. The molecule has 8 heteroatoms. The van der Waals surface area contributed by atoms with Crippen molar-refractivity contribution < 1.29 is 8.42 Å². The van der Waals surface area contributed by atoms with Crippen molar-refractivity contribution in [1.82, 2.24) is 0 Å². The molecule has 0 fully saturated rings. The highest BCUT2D eigenvalue weighted by molar-refractivity contribution is 9.10. The van der Waals surface area contributed by atoms with Gasteiger partial charge in [0.25, 0.3) is 10.0 Å².